The Kier molecular flexibility index (Phi) is 4.03. The van der Waals surface area contributed by atoms with E-state index in [4.69, 9.17) is 0 Å². The number of aromatic nitrogens is 1. The molecule has 0 unspecified atom stereocenters. The lowest BCUT2D eigenvalue weighted by Crippen LogP contribution is -2.31. The fourth-order valence-corrected chi connectivity index (χ4v) is 3.78. The molecule has 0 aliphatic heterocycles. The first-order valence-electron chi connectivity index (χ1n) is 5.65. The maximum absolute atomic E-state index is 13.4. The topological polar surface area (TPSA) is 59.1 Å². The van der Waals surface area contributed by atoms with Crippen LogP contribution in [0.5, 0.6) is 0 Å². The summed E-state index contributed by atoms with van der Waals surface area (Å²) in [6.07, 6.45) is 4.20. The summed E-state index contributed by atoms with van der Waals surface area (Å²) in [5, 5.41) is 0.312. The van der Waals surface area contributed by atoms with Crippen molar-refractivity contribution >= 4 is 26.0 Å². The summed E-state index contributed by atoms with van der Waals surface area (Å²) in [4.78, 5) is 3.58. The number of nitrogens with zero attached hydrogens (tertiary/aromatic N) is 1. The molecule has 1 heterocycles. The Morgan fingerprint density at radius 1 is 1.50 bits per heavy atom. The normalized spacial score (nSPS) is 17.7. The van der Waals surface area contributed by atoms with E-state index in [1.165, 1.54) is 12.3 Å². The highest BCUT2D eigenvalue weighted by atomic mass is 79.9. The van der Waals surface area contributed by atoms with Gasteiger partial charge in [0.05, 0.1) is 0 Å². The maximum Gasteiger partial charge on any atom is 0.261 e. The lowest BCUT2D eigenvalue weighted by atomic mass is 10.1. The molecule has 1 aromatic heterocycles. The van der Waals surface area contributed by atoms with Crippen LogP contribution in [0.3, 0.4) is 0 Å². The fraction of sp³-hybridized carbons (Fsp3) is 0.545. The van der Waals surface area contributed by atoms with Crippen molar-refractivity contribution in [3.05, 3.63) is 24.1 Å². The largest absolute Gasteiger partial charge is 0.261 e. The van der Waals surface area contributed by atoms with Crippen LogP contribution in [-0.2, 0) is 10.0 Å². The van der Waals surface area contributed by atoms with Gasteiger partial charge in [-0.2, -0.15) is 0 Å². The van der Waals surface area contributed by atoms with E-state index in [9.17, 15) is 12.8 Å². The summed E-state index contributed by atoms with van der Waals surface area (Å²) < 4.78 is 39.6. The van der Waals surface area contributed by atoms with E-state index in [1.807, 2.05) is 0 Å². The van der Waals surface area contributed by atoms with E-state index < -0.39 is 20.9 Å². The first-order valence-corrected chi connectivity index (χ1v) is 8.26. The van der Waals surface area contributed by atoms with Crippen molar-refractivity contribution in [3.63, 3.8) is 0 Å². The van der Waals surface area contributed by atoms with E-state index in [2.05, 4.69) is 25.6 Å². The number of hydrogen-bond donors (Lipinski definition) is 1. The van der Waals surface area contributed by atoms with E-state index in [0.29, 0.717) is 6.54 Å². The number of sulfonamides is 1. The Morgan fingerprint density at radius 3 is 2.78 bits per heavy atom. The van der Waals surface area contributed by atoms with Gasteiger partial charge >= 0.3 is 0 Å². The van der Waals surface area contributed by atoms with E-state index in [-0.39, 0.29) is 5.41 Å². The van der Waals surface area contributed by atoms with Crippen LogP contribution >= 0.6 is 15.9 Å². The molecule has 1 fully saturated rings. The van der Waals surface area contributed by atoms with Crippen LogP contribution in [0.1, 0.15) is 19.3 Å². The number of nitrogens with one attached hydrogen (secondary N) is 1. The zero-order chi connectivity index (χ0) is 13.2. The summed E-state index contributed by atoms with van der Waals surface area (Å²) in [7, 11) is -3.85. The molecule has 1 aliphatic rings. The predicted octanol–water partition coefficient (Wildman–Crippen LogP) is 2.06. The van der Waals surface area contributed by atoms with Gasteiger partial charge in [0.1, 0.15) is 0 Å². The van der Waals surface area contributed by atoms with Crippen LogP contribution in [0.4, 0.5) is 4.39 Å². The SMILES string of the molecule is O=S(=O)(NCC1(CCBr)CC1)c1ncccc1F. The second kappa shape index (κ2) is 5.22. The van der Waals surface area contributed by atoms with Crippen molar-refractivity contribution < 1.29 is 12.8 Å². The highest BCUT2D eigenvalue weighted by Gasteiger charge is 2.42. The van der Waals surface area contributed by atoms with Gasteiger partial charge in [-0.05, 0) is 36.8 Å². The van der Waals surface area contributed by atoms with Crippen LogP contribution in [0.25, 0.3) is 0 Å². The van der Waals surface area contributed by atoms with Crippen molar-refractivity contribution in [2.45, 2.75) is 24.3 Å². The van der Waals surface area contributed by atoms with E-state index >= 15 is 0 Å². The van der Waals surface area contributed by atoms with E-state index in [0.717, 1.165) is 30.7 Å². The summed E-state index contributed by atoms with van der Waals surface area (Å²) in [6, 6.07) is 2.45. The van der Waals surface area contributed by atoms with Gasteiger partial charge in [-0.1, -0.05) is 15.9 Å². The summed E-state index contributed by atoms with van der Waals surface area (Å²) in [5.74, 6) is -0.824. The number of alkyl halides is 1. The number of rotatable bonds is 6. The molecule has 0 bridgehead atoms. The van der Waals surface area contributed by atoms with Gasteiger partial charge in [0, 0.05) is 18.1 Å². The molecule has 4 nitrogen and oxygen atoms in total. The number of hydrogen-bond acceptors (Lipinski definition) is 3. The average molecular weight is 337 g/mol. The van der Waals surface area contributed by atoms with Crippen LogP contribution in [0, 0.1) is 11.2 Å². The highest BCUT2D eigenvalue weighted by Crippen LogP contribution is 2.48. The zero-order valence-corrected chi connectivity index (χ0v) is 12.1. The zero-order valence-electron chi connectivity index (χ0n) is 9.70. The van der Waals surface area contributed by atoms with Crippen molar-refractivity contribution in [1.82, 2.24) is 9.71 Å². The molecule has 100 valence electrons. The first kappa shape index (κ1) is 13.9. The summed E-state index contributed by atoms with van der Waals surface area (Å²) in [5.41, 5.74) is 0.0435. The third-order valence-electron chi connectivity index (χ3n) is 3.20. The molecule has 1 N–H and O–H groups in total. The molecule has 0 atom stereocenters. The highest BCUT2D eigenvalue weighted by molar-refractivity contribution is 9.09. The van der Waals surface area contributed by atoms with Crippen molar-refractivity contribution in [2.24, 2.45) is 5.41 Å². The van der Waals surface area contributed by atoms with Gasteiger partial charge in [0.2, 0.25) is 5.03 Å². The van der Waals surface area contributed by atoms with Gasteiger partial charge in [-0.3, -0.25) is 0 Å². The molecular formula is C11H14BrFN2O2S. The van der Waals surface area contributed by atoms with Gasteiger partial charge in [-0.15, -0.1) is 0 Å². The van der Waals surface area contributed by atoms with Crippen molar-refractivity contribution in [3.8, 4) is 0 Å². The quantitative estimate of drug-likeness (QED) is 0.809. The molecule has 1 aromatic rings. The maximum atomic E-state index is 13.4. The van der Waals surface area contributed by atoms with Gasteiger partial charge in [0.15, 0.2) is 5.82 Å². The van der Waals surface area contributed by atoms with Gasteiger partial charge in [0.25, 0.3) is 10.0 Å². The molecule has 1 aliphatic carbocycles. The molecule has 0 aromatic carbocycles. The third-order valence-corrected chi connectivity index (χ3v) is 4.93. The summed E-state index contributed by atoms with van der Waals surface area (Å²) in [6.45, 7) is 0.344. The van der Waals surface area contributed by atoms with Crippen LogP contribution in [0.15, 0.2) is 23.4 Å². The lowest BCUT2D eigenvalue weighted by molar-refractivity contribution is 0.476. The molecule has 0 spiro atoms. The standard InChI is InChI=1S/C11H14BrFN2O2S/c12-6-5-11(3-4-11)8-15-18(16,17)10-9(13)2-1-7-14-10/h1-2,7,15H,3-6,8H2. The lowest BCUT2D eigenvalue weighted by Gasteiger charge is -2.14. The molecule has 18 heavy (non-hydrogen) atoms. The Labute approximate surface area is 114 Å². The first-order chi connectivity index (χ1) is 8.49. The average Bonchev–Trinajstić information content (AvgIpc) is 3.08. The smallest absolute Gasteiger partial charge is 0.241 e. The second-order valence-electron chi connectivity index (χ2n) is 4.55. The second-order valence-corrected chi connectivity index (χ2v) is 7.03. The minimum absolute atomic E-state index is 0.0435. The van der Waals surface area contributed by atoms with Crippen molar-refractivity contribution in [1.29, 1.82) is 0 Å². The van der Waals surface area contributed by atoms with Crippen LogP contribution in [0.2, 0.25) is 0 Å². The molecule has 0 amide bonds. The Balaban J connectivity index is 2.07. The monoisotopic (exact) mass is 336 g/mol. The fourth-order valence-electron chi connectivity index (χ4n) is 1.78. The van der Waals surface area contributed by atoms with Crippen LogP contribution in [-0.4, -0.2) is 25.3 Å². The van der Waals surface area contributed by atoms with Crippen molar-refractivity contribution in [2.75, 3.05) is 11.9 Å². The Bertz CT molecular complexity index is 532. The molecule has 2 rings (SSSR count). The van der Waals surface area contributed by atoms with Gasteiger partial charge < -0.3 is 0 Å². The molecular weight excluding hydrogens is 323 g/mol. The Hall–Kier alpha value is -0.530. The third kappa shape index (κ3) is 3.07. The van der Waals surface area contributed by atoms with Crippen LogP contribution < -0.4 is 4.72 Å². The molecule has 0 radical (unpaired) electrons. The molecule has 7 heteroatoms. The number of halogens is 2. The minimum atomic E-state index is -3.85. The van der Waals surface area contributed by atoms with E-state index in [1.54, 1.807) is 0 Å². The predicted molar refractivity (Wildman–Crippen MR) is 69.5 cm³/mol. The van der Waals surface area contributed by atoms with Gasteiger partial charge in [-0.25, -0.2) is 22.5 Å². The summed E-state index contributed by atoms with van der Waals surface area (Å²) >= 11 is 3.35. The molecule has 1 saturated carbocycles. The Morgan fingerprint density at radius 2 is 2.22 bits per heavy atom. The minimum Gasteiger partial charge on any atom is -0.241 e. The number of pyridine rings is 1. The molecule has 0 saturated heterocycles.